The number of nitrogens with one attached hydrogen (secondary N) is 1. The third-order valence-electron chi connectivity index (χ3n) is 3.50. The van der Waals surface area contributed by atoms with Gasteiger partial charge >= 0.3 is 0 Å². The molecular formula is C14H16N4O. The van der Waals surface area contributed by atoms with E-state index in [2.05, 4.69) is 22.3 Å². The van der Waals surface area contributed by atoms with Crippen LogP contribution >= 0.6 is 0 Å². The lowest BCUT2D eigenvalue weighted by molar-refractivity contribution is 0.0936. The number of aromatic nitrogens is 3. The highest BCUT2D eigenvalue weighted by molar-refractivity contribution is 5.94. The topological polar surface area (TPSA) is 59.8 Å². The van der Waals surface area contributed by atoms with Gasteiger partial charge in [0, 0.05) is 11.6 Å². The molecule has 5 heteroatoms. The van der Waals surface area contributed by atoms with Crippen LogP contribution in [0, 0.1) is 5.92 Å². The quantitative estimate of drug-likeness (QED) is 0.907. The highest BCUT2D eigenvalue weighted by Gasteiger charge is 2.28. The second kappa shape index (κ2) is 4.84. The van der Waals surface area contributed by atoms with Gasteiger partial charge in [0.2, 0.25) is 0 Å². The van der Waals surface area contributed by atoms with Crippen molar-refractivity contribution in [2.24, 2.45) is 5.92 Å². The van der Waals surface area contributed by atoms with Crippen molar-refractivity contribution in [1.29, 1.82) is 0 Å². The Bertz CT molecular complexity index is 558. The minimum absolute atomic E-state index is 0.00968. The summed E-state index contributed by atoms with van der Waals surface area (Å²) in [6.07, 6.45) is 5.57. The monoisotopic (exact) mass is 256 g/mol. The first-order valence-corrected chi connectivity index (χ1v) is 6.50. The summed E-state index contributed by atoms with van der Waals surface area (Å²) >= 11 is 0. The molecular weight excluding hydrogens is 240 g/mol. The van der Waals surface area contributed by atoms with E-state index in [1.165, 1.54) is 19.2 Å². The zero-order valence-electron chi connectivity index (χ0n) is 10.8. The van der Waals surface area contributed by atoms with Gasteiger partial charge in [-0.3, -0.25) is 4.79 Å². The molecule has 1 aliphatic carbocycles. The Morgan fingerprint density at radius 3 is 2.68 bits per heavy atom. The summed E-state index contributed by atoms with van der Waals surface area (Å²) in [4.78, 5) is 15.9. The minimum Gasteiger partial charge on any atom is -0.349 e. The first kappa shape index (κ1) is 11.9. The molecule has 2 aromatic rings. The molecule has 1 saturated carbocycles. The molecule has 1 heterocycles. The SMILES string of the molecule is CC(NC(=O)c1ccc(-n2cncn2)cc1)C1CC1. The molecule has 0 bridgehead atoms. The van der Waals surface area contributed by atoms with Gasteiger partial charge in [0.25, 0.3) is 5.91 Å². The lowest BCUT2D eigenvalue weighted by Crippen LogP contribution is -2.33. The third-order valence-corrected chi connectivity index (χ3v) is 3.50. The third kappa shape index (κ3) is 2.65. The summed E-state index contributed by atoms with van der Waals surface area (Å²) in [5.41, 5.74) is 1.57. The van der Waals surface area contributed by atoms with Crippen LogP contribution in [0.4, 0.5) is 0 Å². The smallest absolute Gasteiger partial charge is 0.251 e. The van der Waals surface area contributed by atoms with Crippen molar-refractivity contribution < 1.29 is 4.79 Å². The van der Waals surface area contributed by atoms with Crippen LogP contribution in [0.25, 0.3) is 5.69 Å². The van der Waals surface area contributed by atoms with Gasteiger partial charge in [-0.25, -0.2) is 9.67 Å². The molecule has 19 heavy (non-hydrogen) atoms. The number of carbonyl (C=O) groups excluding carboxylic acids is 1. The Hall–Kier alpha value is -2.17. The first-order chi connectivity index (χ1) is 9.24. The fourth-order valence-electron chi connectivity index (χ4n) is 2.11. The van der Waals surface area contributed by atoms with Crippen LogP contribution < -0.4 is 5.32 Å². The first-order valence-electron chi connectivity index (χ1n) is 6.50. The maximum Gasteiger partial charge on any atom is 0.251 e. The summed E-state index contributed by atoms with van der Waals surface area (Å²) in [6.45, 7) is 2.07. The van der Waals surface area contributed by atoms with Crippen molar-refractivity contribution in [2.45, 2.75) is 25.8 Å². The Balaban J connectivity index is 1.69. The fourth-order valence-corrected chi connectivity index (χ4v) is 2.11. The maximum absolute atomic E-state index is 12.0. The second-order valence-electron chi connectivity index (χ2n) is 4.99. The van der Waals surface area contributed by atoms with Crippen molar-refractivity contribution in [3.63, 3.8) is 0 Å². The van der Waals surface area contributed by atoms with Gasteiger partial charge in [0.1, 0.15) is 12.7 Å². The average Bonchev–Trinajstić information content (AvgIpc) is 3.14. The molecule has 98 valence electrons. The lowest BCUT2D eigenvalue weighted by Gasteiger charge is -2.12. The van der Waals surface area contributed by atoms with E-state index >= 15 is 0 Å². The van der Waals surface area contributed by atoms with E-state index in [4.69, 9.17) is 0 Å². The van der Waals surface area contributed by atoms with Crippen LogP contribution in [0.1, 0.15) is 30.1 Å². The van der Waals surface area contributed by atoms with E-state index in [-0.39, 0.29) is 11.9 Å². The molecule has 0 aliphatic heterocycles. The van der Waals surface area contributed by atoms with Crippen LogP contribution in [0.15, 0.2) is 36.9 Å². The van der Waals surface area contributed by atoms with Crippen molar-refractivity contribution in [3.05, 3.63) is 42.5 Å². The van der Waals surface area contributed by atoms with Gasteiger partial charge < -0.3 is 5.32 Å². The fraction of sp³-hybridized carbons (Fsp3) is 0.357. The predicted octanol–water partition coefficient (Wildman–Crippen LogP) is 1.80. The molecule has 1 unspecified atom stereocenters. The highest BCUT2D eigenvalue weighted by atomic mass is 16.1. The van der Waals surface area contributed by atoms with E-state index in [0.717, 1.165) is 5.69 Å². The van der Waals surface area contributed by atoms with Crippen LogP contribution in [0.2, 0.25) is 0 Å². The predicted molar refractivity (Wildman–Crippen MR) is 71.0 cm³/mol. The average molecular weight is 256 g/mol. The van der Waals surface area contributed by atoms with Crippen molar-refractivity contribution in [2.75, 3.05) is 0 Å². The molecule has 0 radical (unpaired) electrons. The van der Waals surface area contributed by atoms with Crippen molar-refractivity contribution >= 4 is 5.91 Å². The van der Waals surface area contributed by atoms with Gasteiger partial charge in [-0.15, -0.1) is 0 Å². The summed E-state index contributed by atoms with van der Waals surface area (Å²) in [7, 11) is 0. The van der Waals surface area contributed by atoms with Gasteiger partial charge in [-0.05, 0) is 49.9 Å². The minimum atomic E-state index is -0.00968. The molecule has 1 fully saturated rings. The Morgan fingerprint density at radius 1 is 1.37 bits per heavy atom. The Kier molecular flexibility index (Phi) is 3.03. The van der Waals surface area contributed by atoms with E-state index < -0.39 is 0 Å². The number of hydrogen-bond donors (Lipinski definition) is 1. The molecule has 0 saturated heterocycles. The van der Waals surface area contributed by atoms with Gasteiger partial charge in [0.15, 0.2) is 0 Å². The Morgan fingerprint density at radius 2 is 2.11 bits per heavy atom. The lowest BCUT2D eigenvalue weighted by atomic mass is 10.1. The molecule has 1 aromatic heterocycles. The molecule has 5 nitrogen and oxygen atoms in total. The number of amides is 1. The molecule has 1 atom stereocenters. The van der Waals surface area contributed by atoms with Crippen LogP contribution in [-0.2, 0) is 0 Å². The van der Waals surface area contributed by atoms with Gasteiger partial charge in [-0.2, -0.15) is 5.10 Å². The zero-order valence-corrected chi connectivity index (χ0v) is 10.8. The molecule has 3 rings (SSSR count). The van der Waals surface area contributed by atoms with Crippen LogP contribution in [0.3, 0.4) is 0 Å². The molecule has 1 aliphatic rings. The second-order valence-corrected chi connectivity index (χ2v) is 4.99. The summed E-state index contributed by atoms with van der Waals surface area (Å²) in [5.74, 6) is 0.655. The number of hydrogen-bond acceptors (Lipinski definition) is 3. The number of rotatable bonds is 4. The Labute approximate surface area is 111 Å². The highest BCUT2D eigenvalue weighted by Crippen LogP contribution is 2.32. The molecule has 1 aromatic carbocycles. The number of nitrogens with zero attached hydrogens (tertiary/aromatic N) is 3. The number of carbonyl (C=O) groups is 1. The normalized spacial score (nSPS) is 16.1. The largest absolute Gasteiger partial charge is 0.349 e. The number of benzene rings is 1. The van der Waals surface area contributed by atoms with Gasteiger partial charge in [0.05, 0.1) is 5.69 Å². The summed E-state index contributed by atoms with van der Waals surface area (Å²) in [5, 5.41) is 7.08. The molecule has 0 spiro atoms. The van der Waals surface area contributed by atoms with Gasteiger partial charge in [-0.1, -0.05) is 0 Å². The van der Waals surface area contributed by atoms with E-state index in [1.54, 1.807) is 11.0 Å². The van der Waals surface area contributed by atoms with Crippen molar-refractivity contribution in [1.82, 2.24) is 20.1 Å². The van der Waals surface area contributed by atoms with Crippen LogP contribution in [-0.4, -0.2) is 26.7 Å². The standard InChI is InChI=1S/C14H16N4O/c1-10(11-2-3-11)17-14(19)12-4-6-13(7-5-12)18-9-15-8-16-18/h4-11H,2-3H2,1H3,(H,17,19). The van der Waals surface area contributed by atoms with Crippen molar-refractivity contribution in [3.8, 4) is 5.69 Å². The maximum atomic E-state index is 12.0. The molecule has 1 N–H and O–H groups in total. The van der Waals surface area contributed by atoms with E-state index in [9.17, 15) is 4.79 Å². The zero-order chi connectivity index (χ0) is 13.2. The van der Waals surface area contributed by atoms with E-state index in [1.807, 2.05) is 24.3 Å². The molecule has 1 amide bonds. The van der Waals surface area contributed by atoms with E-state index in [0.29, 0.717) is 11.5 Å². The van der Waals surface area contributed by atoms with Crippen LogP contribution in [0.5, 0.6) is 0 Å². The summed E-state index contributed by atoms with van der Waals surface area (Å²) in [6, 6.07) is 7.62. The summed E-state index contributed by atoms with van der Waals surface area (Å²) < 4.78 is 1.66.